The smallest absolute Gasteiger partial charge is 0.317 e. The van der Waals surface area contributed by atoms with Crippen LogP contribution in [0.15, 0.2) is 54.7 Å². The summed E-state index contributed by atoms with van der Waals surface area (Å²) in [6, 6.07) is 15.5. The summed E-state index contributed by atoms with van der Waals surface area (Å²) in [5.74, 6) is -0.325. The Bertz CT molecular complexity index is 2000. The van der Waals surface area contributed by atoms with Crippen LogP contribution in [0.5, 0.6) is 5.88 Å². The third-order valence-electron chi connectivity index (χ3n) is 8.25. The molecule has 1 fully saturated rings. The van der Waals surface area contributed by atoms with Gasteiger partial charge in [0.25, 0.3) is 0 Å². The number of ether oxygens (including phenoxy) is 1. The zero-order valence-corrected chi connectivity index (χ0v) is 29.1. The molecule has 248 valence electrons. The highest BCUT2D eigenvalue weighted by Crippen LogP contribution is 2.42. The molecule has 1 atom stereocenters. The zero-order valence-electron chi connectivity index (χ0n) is 26.0. The first-order valence-corrected chi connectivity index (χ1v) is 17.4. The SMILES string of the molecule is COc1nc(-c2cccc(-c3cccc(Cc4nccc5sc(CNCC(=O)O)nc45)c3Cl)c2Cl)c(Cl)cc1CCC[C@@H]1CCC(=O)N1. The van der Waals surface area contributed by atoms with Crippen LogP contribution in [0.2, 0.25) is 15.1 Å². The van der Waals surface area contributed by atoms with Gasteiger partial charge in [-0.15, -0.1) is 11.3 Å². The molecule has 13 heteroatoms. The number of hydrogen-bond donors (Lipinski definition) is 3. The number of carboxylic acid groups (broad SMARTS) is 1. The molecule has 0 radical (unpaired) electrons. The summed E-state index contributed by atoms with van der Waals surface area (Å²) in [6.07, 6.45) is 6.09. The number of aromatic nitrogens is 3. The van der Waals surface area contributed by atoms with Crippen LogP contribution in [0, 0.1) is 0 Å². The standard InChI is InChI=1S/C35H32Cl3N5O4S/c1-47-35-20(6-2-7-21-11-12-28(44)41-21)15-25(36)33(43-35)24-10-4-9-23(32(24)38)22-8-3-5-19(31(22)37)16-26-34-27(13-14-40-26)48-29(42-34)17-39-18-30(45)46/h3-5,8-10,13-15,21,39H,2,6-7,11-12,16-18H2,1H3,(H,41,44)(H,45,46)/t21-/m1/s1. The van der Waals surface area contributed by atoms with Crippen molar-refractivity contribution in [3.8, 4) is 28.3 Å². The van der Waals surface area contributed by atoms with Gasteiger partial charge in [0.05, 0.1) is 44.8 Å². The minimum Gasteiger partial charge on any atom is -0.481 e. The largest absolute Gasteiger partial charge is 0.481 e. The van der Waals surface area contributed by atoms with Gasteiger partial charge in [-0.2, -0.15) is 0 Å². The number of carbonyl (C=O) groups excluding carboxylic acids is 1. The van der Waals surface area contributed by atoms with Gasteiger partial charge in [-0.3, -0.25) is 14.6 Å². The van der Waals surface area contributed by atoms with Gasteiger partial charge >= 0.3 is 5.97 Å². The summed E-state index contributed by atoms with van der Waals surface area (Å²) in [5.41, 5.74) is 5.92. The van der Waals surface area contributed by atoms with Gasteiger partial charge in [0.15, 0.2) is 0 Å². The Labute approximate surface area is 296 Å². The predicted octanol–water partition coefficient (Wildman–Crippen LogP) is 7.76. The molecule has 6 rings (SSSR count). The molecule has 0 bridgehead atoms. The van der Waals surface area contributed by atoms with Crippen molar-refractivity contribution in [3.63, 3.8) is 0 Å². The number of aliphatic carboxylic acids is 1. The second-order valence-corrected chi connectivity index (χ2v) is 13.8. The lowest BCUT2D eigenvalue weighted by atomic mass is 9.97. The second-order valence-electron chi connectivity index (χ2n) is 11.5. The highest BCUT2D eigenvalue weighted by molar-refractivity contribution is 7.18. The van der Waals surface area contributed by atoms with Gasteiger partial charge in [-0.25, -0.2) is 9.97 Å². The Balaban J connectivity index is 1.25. The van der Waals surface area contributed by atoms with Crippen molar-refractivity contribution in [2.24, 2.45) is 0 Å². The molecule has 0 unspecified atom stereocenters. The van der Waals surface area contributed by atoms with Gasteiger partial charge in [-0.05, 0) is 43.4 Å². The van der Waals surface area contributed by atoms with E-state index in [1.807, 2.05) is 48.5 Å². The molecule has 5 aromatic rings. The van der Waals surface area contributed by atoms with Gasteiger partial charge in [0.1, 0.15) is 10.5 Å². The van der Waals surface area contributed by atoms with Crippen molar-refractivity contribution >= 4 is 68.2 Å². The first-order valence-electron chi connectivity index (χ1n) is 15.5. The average Bonchev–Trinajstić information content (AvgIpc) is 3.68. The molecule has 3 aromatic heterocycles. The predicted molar refractivity (Wildman–Crippen MR) is 190 cm³/mol. The number of fused-ring (bicyclic) bond motifs is 1. The molecular weight excluding hydrogens is 693 g/mol. The maximum absolute atomic E-state index is 11.5. The lowest BCUT2D eigenvalue weighted by molar-refractivity contribution is -0.136. The molecule has 0 spiro atoms. The topological polar surface area (TPSA) is 126 Å². The third kappa shape index (κ3) is 7.58. The van der Waals surface area contributed by atoms with Crippen LogP contribution in [0.3, 0.4) is 0 Å². The van der Waals surface area contributed by atoms with Gasteiger partial charge in [0, 0.05) is 53.9 Å². The van der Waals surface area contributed by atoms with E-state index in [0.29, 0.717) is 58.0 Å². The van der Waals surface area contributed by atoms with Crippen molar-refractivity contribution in [1.82, 2.24) is 25.6 Å². The molecule has 2 aromatic carbocycles. The summed E-state index contributed by atoms with van der Waals surface area (Å²) in [7, 11) is 1.59. The van der Waals surface area contributed by atoms with Crippen molar-refractivity contribution in [2.45, 2.75) is 51.1 Å². The van der Waals surface area contributed by atoms with E-state index in [1.54, 1.807) is 13.3 Å². The molecule has 9 nitrogen and oxygen atoms in total. The van der Waals surface area contributed by atoms with Crippen molar-refractivity contribution in [3.05, 3.63) is 91.6 Å². The molecule has 1 amide bonds. The number of hydrogen-bond acceptors (Lipinski definition) is 8. The Hall–Kier alpha value is -3.80. The van der Waals surface area contributed by atoms with Crippen LogP contribution in [-0.4, -0.2) is 51.6 Å². The lowest BCUT2D eigenvalue weighted by Gasteiger charge is -2.16. The average molecular weight is 725 g/mol. The summed E-state index contributed by atoms with van der Waals surface area (Å²) in [4.78, 5) is 36.6. The van der Waals surface area contributed by atoms with E-state index in [2.05, 4.69) is 15.6 Å². The van der Waals surface area contributed by atoms with E-state index in [9.17, 15) is 9.59 Å². The number of carboxylic acids is 1. The summed E-state index contributed by atoms with van der Waals surface area (Å²) in [5, 5.41) is 17.1. The van der Waals surface area contributed by atoms with Gasteiger partial charge < -0.3 is 20.5 Å². The molecule has 1 aliphatic rings. The maximum atomic E-state index is 11.5. The molecule has 48 heavy (non-hydrogen) atoms. The number of nitrogens with zero attached hydrogens (tertiary/aromatic N) is 3. The van der Waals surface area contributed by atoms with E-state index in [0.717, 1.165) is 62.4 Å². The Morgan fingerprint density at radius 2 is 1.83 bits per heavy atom. The van der Waals surface area contributed by atoms with Crippen molar-refractivity contribution < 1.29 is 19.4 Å². The molecular formula is C35H32Cl3N5O4S. The highest BCUT2D eigenvalue weighted by Gasteiger charge is 2.22. The zero-order chi connectivity index (χ0) is 33.8. The number of carbonyl (C=O) groups is 2. The van der Waals surface area contributed by atoms with Crippen LogP contribution < -0.4 is 15.4 Å². The number of aryl methyl sites for hydroxylation is 1. The molecule has 0 saturated carbocycles. The number of nitrogens with one attached hydrogen (secondary N) is 2. The van der Waals surface area contributed by atoms with E-state index < -0.39 is 5.97 Å². The van der Waals surface area contributed by atoms with E-state index in [1.165, 1.54) is 11.3 Å². The van der Waals surface area contributed by atoms with Crippen LogP contribution in [0.4, 0.5) is 0 Å². The maximum Gasteiger partial charge on any atom is 0.317 e. The van der Waals surface area contributed by atoms with Crippen LogP contribution in [-0.2, 0) is 29.0 Å². The molecule has 1 aliphatic heterocycles. The van der Waals surface area contributed by atoms with Gasteiger partial charge in [-0.1, -0.05) is 71.2 Å². The van der Waals surface area contributed by atoms with Crippen LogP contribution >= 0.6 is 46.1 Å². The number of rotatable bonds is 13. The van der Waals surface area contributed by atoms with Crippen molar-refractivity contribution in [1.29, 1.82) is 0 Å². The number of thiazole rings is 1. The number of amides is 1. The number of halogens is 3. The fourth-order valence-corrected chi connectivity index (χ4v) is 7.79. The molecule has 4 heterocycles. The molecule has 1 saturated heterocycles. The Kier molecular flexibility index (Phi) is 10.8. The Morgan fingerprint density at radius 1 is 1.06 bits per heavy atom. The number of pyridine rings is 2. The first kappa shape index (κ1) is 34.1. The fraction of sp³-hybridized carbons (Fsp3) is 0.286. The minimum atomic E-state index is -0.921. The fourth-order valence-electron chi connectivity index (χ4n) is 5.95. The second kappa shape index (κ2) is 15.2. The third-order valence-corrected chi connectivity index (χ3v) is 10.4. The highest BCUT2D eigenvalue weighted by atomic mass is 35.5. The minimum absolute atomic E-state index is 0.114. The lowest BCUT2D eigenvalue weighted by Crippen LogP contribution is -2.25. The Morgan fingerprint density at radius 3 is 2.58 bits per heavy atom. The molecule has 3 N–H and O–H groups in total. The van der Waals surface area contributed by atoms with E-state index in [4.69, 9.17) is 54.6 Å². The molecule has 0 aliphatic carbocycles. The van der Waals surface area contributed by atoms with Gasteiger partial charge in [0.2, 0.25) is 11.8 Å². The van der Waals surface area contributed by atoms with Crippen molar-refractivity contribution in [2.75, 3.05) is 13.7 Å². The first-order chi connectivity index (χ1) is 23.2. The summed E-state index contributed by atoms with van der Waals surface area (Å²) in [6.45, 7) is 0.211. The number of methoxy groups -OCH3 is 1. The van der Waals surface area contributed by atoms with E-state index >= 15 is 0 Å². The van der Waals surface area contributed by atoms with E-state index in [-0.39, 0.29) is 18.5 Å². The normalized spacial score (nSPS) is 14.4. The summed E-state index contributed by atoms with van der Waals surface area (Å²) < 4.78 is 6.63. The van der Waals surface area contributed by atoms with Crippen LogP contribution in [0.1, 0.15) is 47.5 Å². The van der Waals surface area contributed by atoms with Crippen LogP contribution in [0.25, 0.3) is 32.6 Å². The monoisotopic (exact) mass is 723 g/mol. The summed E-state index contributed by atoms with van der Waals surface area (Å²) >= 11 is 22.5. The quantitative estimate of drug-likeness (QED) is 0.113. The number of benzene rings is 2.